The minimum atomic E-state index is 0.876. The number of para-hydroxylation sites is 2. The van der Waals surface area contributed by atoms with Crippen molar-refractivity contribution in [2.45, 2.75) is 0 Å². The van der Waals surface area contributed by atoms with Crippen LogP contribution in [0.4, 0.5) is 0 Å². The molecule has 0 aliphatic heterocycles. The Bertz CT molecular complexity index is 809. The Kier molecular flexibility index (Phi) is 2.39. The van der Waals surface area contributed by atoms with Crippen LogP contribution in [0.15, 0.2) is 60.9 Å². The molecule has 0 amide bonds. The molecular formula is C16H12N4. The van der Waals surface area contributed by atoms with Gasteiger partial charge >= 0.3 is 0 Å². The maximum Gasteiger partial charge on any atom is 0.138 e. The molecule has 0 unspecified atom stereocenters. The molecule has 2 N–H and O–H groups in total. The van der Waals surface area contributed by atoms with E-state index in [1.165, 1.54) is 0 Å². The molecule has 4 nitrogen and oxygen atoms in total. The van der Waals surface area contributed by atoms with Crippen LogP contribution in [0.25, 0.3) is 33.8 Å². The van der Waals surface area contributed by atoms with Crippen molar-refractivity contribution in [2.24, 2.45) is 0 Å². The molecule has 0 aliphatic rings. The van der Waals surface area contributed by atoms with Crippen LogP contribution in [0, 0.1) is 0 Å². The van der Waals surface area contributed by atoms with Crippen molar-refractivity contribution in [1.29, 1.82) is 0 Å². The van der Waals surface area contributed by atoms with E-state index in [-0.39, 0.29) is 0 Å². The first-order valence-corrected chi connectivity index (χ1v) is 6.45. The molecule has 4 aromatic rings. The molecule has 0 saturated heterocycles. The molecule has 2 heterocycles. The van der Waals surface area contributed by atoms with Crippen LogP contribution in [0.3, 0.4) is 0 Å². The maximum absolute atomic E-state index is 4.60. The van der Waals surface area contributed by atoms with Gasteiger partial charge in [0, 0.05) is 23.5 Å². The monoisotopic (exact) mass is 260 g/mol. The zero-order valence-corrected chi connectivity index (χ0v) is 10.7. The van der Waals surface area contributed by atoms with Crippen molar-refractivity contribution in [3.63, 3.8) is 0 Å². The van der Waals surface area contributed by atoms with E-state index < -0.39 is 0 Å². The normalized spacial score (nSPS) is 11.0. The zero-order chi connectivity index (χ0) is 13.4. The topological polar surface area (TPSA) is 57.4 Å². The van der Waals surface area contributed by atoms with Crippen LogP contribution in [-0.2, 0) is 0 Å². The van der Waals surface area contributed by atoms with Crippen molar-refractivity contribution in [2.75, 3.05) is 0 Å². The Morgan fingerprint density at radius 1 is 0.800 bits per heavy atom. The first-order chi connectivity index (χ1) is 9.90. The average Bonchev–Trinajstić information content (AvgIpc) is 3.17. The van der Waals surface area contributed by atoms with E-state index in [1.807, 2.05) is 42.6 Å². The number of hydrogen-bond donors (Lipinski definition) is 2. The highest BCUT2D eigenvalue weighted by Gasteiger charge is 2.05. The van der Waals surface area contributed by atoms with Crippen LogP contribution in [0.2, 0.25) is 0 Å². The van der Waals surface area contributed by atoms with E-state index in [2.05, 4.69) is 32.1 Å². The third-order valence-corrected chi connectivity index (χ3v) is 3.32. The highest BCUT2D eigenvalue weighted by molar-refractivity contribution is 5.79. The summed E-state index contributed by atoms with van der Waals surface area (Å²) in [5.41, 5.74) is 4.17. The predicted octanol–water partition coefficient (Wildman–Crippen LogP) is 3.62. The van der Waals surface area contributed by atoms with Crippen LogP contribution in [0.5, 0.6) is 0 Å². The number of nitrogens with zero attached hydrogens (tertiary/aromatic N) is 2. The molecule has 96 valence electrons. The van der Waals surface area contributed by atoms with Gasteiger partial charge in [-0.15, -0.1) is 0 Å². The molecule has 4 heteroatoms. The quantitative estimate of drug-likeness (QED) is 0.578. The van der Waals surface area contributed by atoms with Gasteiger partial charge in [-0.2, -0.15) is 0 Å². The lowest BCUT2D eigenvalue weighted by atomic mass is 10.1. The Morgan fingerprint density at radius 3 is 2.25 bits per heavy atom. The molecule has 0 spiro atoms. The van der Waals surface area contributed by atoms with Gasteiger partial charge in [-0.05, 0) is 12.1 Å². The number of H-pyrrole nitrogens is 2. The van der Waals surface area contributed by atoms with Gasteiger partial charge in [0.15, 0.2) is 0 Å². The largest absolute Gasteiger partial charge is 0.345 e. The third kappa shape index (κ3) is 1.78. The van der Waals surface area contributed by atoms with E-state index in [0.717, 1.165) is 33.8 Å². The number of fused-ring (bicyclic) bond motifs is 1. The summed E-state index contributed by atoms with van der Waals surface area (Å²) in [4.78, 5) is 15.3. The highest BCUT2D eigenvalue weighted by atomic mass is 14.9. The van der Waals surface area contributed by atoms with E-state index in [0.29, 0.717) is 0 Å². The molecule has 2 aromatic carbocycles. The van der Waals surface area contributed by atoms with Gasteiger partial charge in [0.2, 0.25) is 0 Å². The van der Waals surface area contributed by atoms with E-state index in [1.54, 1.807) is 6.20 Å². The lowest BCUT2D eigenvalue weighted by Crippen LogP contribution is -1.83. The molecule has 4 rings (SSSR count). The summed E-state index contributed by atoms with van der Waals surface area (Å²) in [5.74, 6) is 1.76. The summed E-state index contributed by atoms with van der Waals surface area (Å²) in [6, 6.07) is 16.2. The van der Waals surface area contributed by atoms with Gasteiger partial charge in [-0.3, -0.25) is 0 Å². The second-order valence-corrected chi connectivity index (χ2v) is 4.62. The number of aromatic nitrogens is 4. The van der Waals surface area contributed by atoms with E-state index >= 15 is 0 Å². The molecule has 0 radical (unpaired) electrons. The number of imidazole rings is 2. The van der Waals surface area contributed by atoms with Crippen LogP contribution >= 0.6 is 0 Å². The number of benzene rings is 2. The standard InChI is InChI=1S/C16H12N4/c1-2-4-14-13(3-1)19-16(20-14)12-7-5-11(6-8-12)15-17-9-10-18-15/h1-10H,(H,17,18)(H,19,20). The average molecular weight is 260 g/mol. The van der Waals surface area contributed by atoms with Gasteiger partial charge in [0.1, 0.15) is 11.6 Å². The Hall–Kier alpha value is -2.88. The minimum absolute atomic E-state index is 0.876. The predicted molar refractivity (Wildman–Crippen MR) is 79.1 cm³/mol. The summed E-state index contributed by atoms with van der Waals surface area (Å²) >= 11 is 0. The van der Waals surface area contributed by atoms with E-state index in [4.69, 9.17) is 0 Å². The fourth-order valence-electron chi connectivity index (χ4n) is 2.30. The summed E-state index contributed by atoms with van der Waals surface area (Å²) in [7, 11) is 0. The van der Waals surface area contributed by atoms with Gasteiger partial charge < -0.3 is 9.97 Å². The Labute approximate surface area is 115 Å². The SMILES string of the molecule is c1ccc2[nH]c(-c3ccc(-c4ncc[nH]4)cc3)nc2c1. The Balaban J connectivity index is 1.75. The first kappa shape index (κ1) is 11.0. The van der Waals surface area contributed by atoms with Gasteiger partial charge in [-0.1, -0.05) is 36.4 Å². The van der Waals surface area contributed by atoms with Gasteiger partial charge in [0.25, 0.3) is 0 Å². The molecule has 0 fully saturated rings. The lowest BCUT2D eigenvalue weighted by Gasteiger charge is -1.99. The molecular weight excluding hydrogens is 248 g/mol. The zero-order valence-electron chi connectivity index (χ0n) is 10.7. The van der Waals surface area contributed by atoms with Crippen LogP contribution in [0.1, 0.15) is 0 Å². The second-order valence-electron chi connectivity index (χ2n) is 4.62. The molecule has 0 bridgehead atoms. The van der Waals surface area contributed by atoms with Gasteiger partial charge in [-0.25, -0.2) is 9.97 Å². The van der Waals surface area contributed by atoms with Crippen LogP contribution < -0.4 is 0 Å². The third-order valence-electron chi connectivity index (χ3n) is 3.32. The Morgan fingerprint density at radius 2 is 1.55 bits per heavy atom. The maximum atomic E-state index is 4.60. The van der Waals surface area contributed by atoms with Crippen molar-refractivity contribution in [1.82, 2.24) is 19.9 Å². The van der Waals surface area contributed by atoms with Crippen LogP contribution in [-0.4, -0.2) is 19.9 Å². The summed E-state index contributed by atoms with van der Waals surface area (Å²) < 4.78 is 0. The van der Waals surface area contributed by atoms with Crippen molar-refractivity contribution in [3.05, 3.63) is 60.9 Å². The van der Waals surface area contributed by atoms with Crippen molar-refractivity contribution < 1.29 is 0 Å². The fraction of sp³-hybridized carbons (Fsp3) is 0. The number of rotatable bonds is 2. The second kappa shape index (κ2) is 4.35. The van der Waals surface area contributed by atoms with Gasteiger partial charge in [0.05, 0.1) is 11.0 Å². The first-order valence-electron chi connectivity index (χ1n) is 6.45. The lowest BCUT2D eigenvalue weighted by molar-refractivity contribution is 1.30. The molecule has 20 heavy (non-hydrogen) atoms. The summed E-state index contributed by atoms with van der Waals surface area (Å²) in [5, 5.41) is 0. The summed E-state index contributed by atoms with van der Waals surface area (Å²) in [6.07, 6.45) is 3.57. The summed E-state index contributed by atoms with van der Waals surface area (Å²) in [6.45, 7) is 0. The van der Waals surface area contributed by atoms with E-state index in [9.17, 15) is 0 Å². The molecule has 2 aromatic heterocycles. The number of aromatic amines is 2. The van der Waals surface area contributed by atoms with Crippen molar-refractivity contribution >= 4 is 11.0 Å². The molecule has 0 saturated carbocycles. The molecule has 0 atom stereocenters. The number of nitrogens with one attached hydrogen (secondary N) is 2. The van der Waals surface area contributed by atoms with Crippen molar-refractivity contribution in [3.8, 4) is 22.8 Å². The molecule has 0 aliphatic carbocycles. The fourth-order valence-corrected chi connectivity index (χ4v) is 2.30. The smallest absolute Gasteiger partial charge is 0.138 e. The minimum Gasteiger partial charge on any atom is -0.345 e. The number of hydrogen-bond acceptors (Lipinski definition) is 2. The highest BCUT2D eigenvalue weighted by Crippen LogP contribution is 2.23.